The number of amides is 1. The number of hydrogen-bond donors (Lipinski definition) is 1. The maximum atomic E-state index is 13.5. The van der Waals surface area contributed by atoms with Gasteiger partial charge in [0, 0.05) is 43.5 Å². The third kappa shape index (κ3) is 5.24. The maximum absolute atomic E-state index is 13.5. The van der Waals surface area contributed by atoms with Crippen LogP contribution in [0.4, 0.5) is 19.0 Å². The third-order valence-corrected chi connectivity index (χ3v) is 7.51. The molecule has 1 aliphatic carbocycles. The van der Waals surface area contributed by atoms with Gasteiger partial charge >= 0.3 is 6.18 Å². The summed E-state index contributed by atoms with van der Waals surface area (Å²) in [6, 6.07) is 11.4. The number of pyridine rings is 1. The summed E-state index contributed by atoms with van der Waals surface area (Å²) in [7, 11) is 1.88. The zero-order valence-corrected chi connectivity index (χ0v) is 21.4. The number of fused-ring (bicyclic) bond motifs is 1. The molecule has 198 valence electrons. The van der Waals surface area contributed by atoms with E-state index in [4.69, 9.17) is 11.6 Å². The number of nitrogens with zero attached hydrogens (tertiary/aromatic N) is 6. The molecule has 5 rings (SSSR count). The van der Waals surface area contributed by atoms with Crippen molar-refractivity contribution in [3.8, 4) is 6.07 Å². The topological polar surface area (TPSA) is 99.7 Å². The lowest BCUT2D eigenvalue weighted by Crippen LogP contribution is -2.43. The number of hydrogen-bond acceptors (Lipinski definition) is 6. The van der Waals surface area contributed by atoms with Crippen LogP contribution in [-0.4, -0.2) is 38.4 Å². The van der Waals surface area contributed by atoms with Crippen LogP contribution in [0.3, 0.4) is 0 Å². The summed E-state index contributed by atoms with van der Waals surface area (Å²) in [5.41, 5.74) is 2.70. The quantitative estimate of drug-likeness (QED) is 0.332. The van der Waals surface area contributed by atoms with Crippen molar-refractivity contribution in [3.63, 3.8) is 0 Å². The van der Waals surface area contributed by atoms with Crippen molar-refractivity contribution in [2.45, 2.75) is 50.4 Å². The van der Waals surface area contributed by atoms with Crippen LogP contribution in [0.2, 0.25) is 5.15 Å². The maximum Gasteiger partial charge on any atom is 0.390 e. The molecule has 1 aliphatic heterocycles. The van der Waals surface area contributed by atoms with E-state index in [1.54, 1.807) is 18.5 Å². The lowest BCUT2D eigenvalue weighted by Gasteiger charge is -2.45. The van der Waals surface area contributed by atoms with Crippen molar-refractivity contribution in [3.05, 3.63) is 69.9 Å². The summed E-state index contributed by atoms with van der Waals surface area (Å²) in [5.74, 6) is 0.879. The van der Waals surface area contributed by atoms with Gasteiger partial charge in [-0.15, -0.1) is 10.2 Å². The van der Waals surface area contributed by atoms with Crippen LogP contribution < -0.4 is 10.2 Å². The Morgan fingerprint density at radius 1 is 1.26 bits per heavy atom. The van der Waals surface area contributed by atoms with Gasteiger partial charge in [0.25, 0.3) is 5.91 Å². The predicted octanol–water partition coefficient (Wildman–Crippen LogP) is 4.48. The van der Waals surface area contributed by atoms with E-state index < -0.39 is 12.6 Å². The van der Waals surface area contributed by atoms with Crippen molar-refractivity contribution in [2.24, 2.45) is 13.0 Å². The van der Waals surface area contributed by atoms with E-state index in [1.807, 2.05) is 29.8 Å². The number of aromatic nitrogens is 4. The molecule has 0 spiro atoms. The molecule has 8 nitrogen and oxygen atoms in total. The molecule has 3 aromatic rings. The first kappa shape index (κ1) is 26.1. The van der Waals surface area contributed by atoms with Crippen molar-refractivity contribution >= 4 is 23.3 Å². The SMILES string of the molecule is Cn1cnnc1CC1(c2ccc3c(c2)C(=O)N(c2cc(CNCCC(F)(F)F)cc(Cl)n2)C3)CC(C#N)C1. The van der Waals surface area contributed by atoms with Gasteiger partial charge in [-0.2, -0.15) is 18.4 Å². The fourth-order valence-electron chi connectivity index (χ4n) is 5.28. The molecule has 38 heavy (non-hydrogen) atoms. The average molecular weight is 544 g/mol. The molecular formula is C26H25ClF3N7O. The fraction of sp³-hybridized carbons (Fsp3) is 0.423. The number of nitriles is 1. The molecule has 0 atom stereocenters. The highest BCUT2D eigenvalue weighted by Gasteiger charge is 2.47. The molecule has 1 saturated carbocycles. The Balaban J connectivity index is 1.36. The van der Waals surface area contributed by atoms with Crippen LogP contribution in [0.1, 0.15) is 52.1 Å². The molecule has 0 unspecified atom stereocenters. The Kier molecular flexibility index (Phi) is 6.88. The van der Waals surface area contributed by atoms with E-state index in [-0.39, 0.29) is 35.5 Å². The van der Waals surface area contributed by atoms with Gasteiger partial charge in [0.05, 0.1) is 19.0 Å². The summed E-state index contributed by atoms with van der Waals surface area (Å²) >= 11 is 6.20. The second-order valence-corrected chi connectivity index (χ2v) is 10.4. The Bertz CT molecular complexity index is 1410. The Labute approximate surface area is 222 Å². The van der Waals surface area contributed by atoms with Crippen LogP contribution in [-0.2, 0) is 32.0 Å². The van der Waals surface area contributed by atoms with E-state index in [2.05, 4.69) is 26.6 Å². The van der Waals surface area contributed by atoms with Gasteiger partial charge in [0.1, 0.15) is 23.1 Å². The third-order valence-electron chi connectivity index (χ3n) is 7.32. The normalized spacial score (nSPS) is 20.8. The highest BCUT2D eigenvalue weighted by atomic mass is 35.5. The average Bonchev–Trinajstić information content (AvgIpc) is 3.40. The van der Waals surface area contributed by atoms with Gasteiger partial charge in [-0.05, 0) is 47.7 Å². The molecule has 1 amide bonds. The lowest BCUT2D eigenvalue weighted by atomic mass is 9.57. The zero-order valence-electron chi connectivity index (χ0n) is 20.6. The minimum atomic E-state index is -4.23. The molecular weight excluding hydrogens is 519 g/mol. The first-order valence-electron chi connectivity index (χ1n) is 12.2. The summed E-state index contributed by atoms with van der Waals surface area (Å²) in [6.45, 7) is 0.243. The molecule has 12 heteroatoms. The Morgan fingerprint density at radius 3 is 2.74 bits per heavy atom. The van der Waals surface area contributed by atoms with Gasteiger partial charge in [-0.1, -0.05) is 23.7 Å². The number of aryl methyl sites for hydroxylation is 1. The Hall–Kier alpha value is -3.49. The summed E-state index contributed by atoms with van der Waals surface area (Å²) < 4.78 is 39.1. The predicted molar refractivity (Wildman–Crippen MR) is 133 cm³/mol. The summed E-state index contributed by atoms with van der Waals surface area (Å²) in [6.07, 6.45) is -1.57. The molecule has 1 aromatic carbocycles. The summed E-state index contributed by atoms with van der Waals surface area (Å²) in [5, 5.41) is 20.5. The first-order chi connectivity index (χ1) is 18.1. The smallest absolute Gasteiger partial charge is 0.321 e. The number of rotatable bonds is 8. The van der Waals surface area contributed by atoms with Crippen LogP contribution in [0.15, 0.2) is 36.7 Å². The van der Waals surface area contributed by atoms with Gasteiger partial charge < -0.3 is 9.88 Å². The number of carbonyl (C=O) groups excluding carboxylic acids is 1. The van der Waals surface area contributed by atoms with Crippen molar-refractivity contribution < 1.29 is 18.0 Å². The summed E-state index contributed by atoms with van der Waals surface area (Å²) in [4.78, 5) is 19.3. The van der Waals surface area contributed by atoms with Crippen LogP contribution in [0.5, 0.6) is 0 Å². The number of benzene rings is 1. The first-order valence-corrected chi connectivity index (χ1v) is 12.6. The molecule has 0 radical (unpaired) electrons. The monoisotopic (exact) mass is 543 g/mol. The number of carbonyl (C=O) groups is 1. The van der Waals surface area contributed by atoms with Gasteiger partial charge in [-0.25, -0.2) is 4.98 Å². The Morgan fingerprint density at radius 2 is 2.05 bits per heavy atom. The van der Waals surface area contributed by atoms with E-state index in [0.717, 1.165) is 17.0 Å². The highest BCUT2D eigenvalue weighted by Crippen LogP contribution is 2.50. The number of nitrogens with one attached hydrogen (secondary N) is 1. The molecule has 2 aromatic heterocycles. The van der Waals surface area contributed by atoms with E-state index >= 15 is 0 Å². The van der Waals surface area contributed by atoms with Crippen LogP contribution in [0.25, 0.3) is 0 Å². The fourth-order valence-corrected chi connectivity index (χ4v) is 5.51. The van der Waals surface area contributed by atoms with E-state index in [9.17, 15) is 23.2 Å². The molecule has 1 fully saturated rings. The zero-order chi connectivity index (χ0) is 27.1. The molecule has 2 aliphatic rings. The molecule has 0 saturated heterocycles. The van der Waals surface area contributed by atoms with Crippen molar-refractivity contribution in [2.75, 3.05) is 11.4 Å². The van der Waals surface area contributed by atoms with E-state index in [0.29, 0.717) is 42.8 Å². The number of alkyl halides is 3. The van der Waals surface area contributed by atoms with Crippen molar-refractivity contribution in [1.29, 1.82) is 5.26 Å². The minimum absolute atomic E-state index is 0.0532. The van der Waals surface area contributed by atoms with Gasteiger partial charge in [0.2, 0.25) is 0 Å². The van der Waals surface area contributed by atoms with Crippen molar-refractivity contribution in [1.82, 2.24) is 25.1 Å². The van der Waals surface area contributed by atoms with E-state index in [1.165, 1.54) is 4.90 Å². The standard InChI is InChI=1S/C26H25ClF3N7O/c1-36-15-33-35-23(36)11-25(9-17(10-25)12-31)19-3-2-18-14-37(24(38)20(18)8-19)22-7-16(6-21(27)34-22)13-32-5-4-26(28,29)30/h2-3,6-8,15,17,32H,4-5,9-11,13-14H2,1H3. The second kappa shape index (κ2) is 10.0. The second-order valence-electron chi connectivity index (χ2n) is 10.0. The number of halogens is 4. The van der Waals surface area contributed by atoms with Crippen LogP contribution >= 0.6 is 11.6 Å². The molecule has 1 N–H and O–H groups in total. The van der Waals surface area contributed by atoms with Crippen LogP contribution in [0, 0.1) is 17.2 Å². The highest BCUT2D eigenvalue weighted by molar-refractivity contribution is 6.29. The van der Waals surface area contributed by atoms with Gasteiger partial charge in [0.15, 0.2) is 0 Å². The molecule has 0 bridgehead atoms. The lowest BCUT2D eigenvalue weighted by molar-refractivity contribution is -0.133. The molecule has 3 heterocycles. The largest absolute Gasteiger partial charge is 0.390 e. The minimum Gasteiger partial charge on any atom is -0.321 e. The van der Waals surface area contributed by atoms with Gasteiger partial charge in [-0.3, -0.25) is 9.69 Å². The number of anilines is 1.